The third-order valence-corrected chi connectivity index (χ3v) is 4.80. The first-order chi connectivity index (χ1) is 10.4. The Bertz CT molecular complexity index is 1010. The van der Waals surface area contributed by atoms with Crippen LogP contribution in [-0.4, -0.2) is 8.42 Å². The molecule has 0 N–H and O–H groups in total. The van der Waals surface area contributed by atoms with E-state index in [1.165, 1.54) is 30.3 Å². The maximum atomic E-state index is 12.3. The fraction of sp³-hybridized carbons (Fsp3) is 0. The predicted octanol–water partition coefficient (Wildman–Crippen LogP) is 3.17. The molecule has 0 atom stereocenters. The van der Waals surface area contributed by atoms with Crippen LogP contribution in [0.4, 0.5) is 0 Å². The molecule has 0 aliphatic heterocycles. The summed E-state index contributed by atoms with van der Waals surface area (Å²) in [5.41, 5.74) is -0.168. The second-order valence-electron chi connectivity index (χ2n) is 4.45. The summed E-state index contributed by atoms with van der Waals surface area (Å²) in [4.78, 5) is 11.1. The molecule has 2 aromatic carbocycles. The number of halogens is 1. The van der Waals surface area contributed by atoms with Crippen molar-refractivity contribution in [1.82, 2.24) is 0 Å². The summed E-state index contributed by atoms with van der Waals surface area (Å²) in [7, 11) is -3.95. The zero-order valence-electron chi connectivity index (χ0n) is 11.0. The summed E-state index contributed by atoms with van der Waals surface area (Å²) in [6.45, 7) is 0. The molecule has 22 heavy (non-hydrogen) atoms. The minimum Gasteiger partial charge on any atom is -0.423 e. The first kappa shape index (κ1) is 15.0. The lowest BCUT2D eigenvalue weighted by Gasteiger charge is -2.07. The molecule has 0 radical (unpaired) electrons. The molecule has 1 heterocycles. The molecule has 3 aromatic rings. The molecule has 0 unspecified atom stereocenters. The van der Waals surface area contributed by atoms with Gasteiger partial charge in [0.2, 0.25) is 0 Å². The minimum atomic E-state index is -3.95. The van der Waals surface area contributed by atoms with Gasteiger partial charge in [-0.15, -0.1) is 0 Å². The van der Waals surface area contributed by atoms with Crippen LogP contribution in [0.2, 0.25) is 0 Å². The Hall–Kier alpha value is -1.87. The van der Waals surface area contributed by atoms with E-state index in [0.29, 0.717) is 11.0 Å². The molecular formula is C15H9IO5S. The summed E-state index contributed by atoms with van der Waals surface area (Å²) in [6.07, 6.45) is 0. The van der Waals surface area contributed by atoms with Gasteiger partial charge in [-0.3, -0.25) is 0 Å². The molecule has 0 aliphatic carbocycles. The van der Waals surface area contributed by atoms with Crippen LogP contribution < -0.4 is 9.81 Å². The maximum Gasteiger partial charge on any atom is 0.339 e. The van der Waals surface area contributed by atoms with Crippen LogP contribution in [0.15, 0.2) is 68.7 Å². The Labute approximate surface area is 139 Å². The molecule has 1 aromatic heterocycles. The second kappa shape index (κ2) is 5.73. The van der Waals surface area contributed by atoms with Gasteiger partial charge in [-0.2, -0.15) is 8.42 Å². The normalized spacial score (nSPS) is 11.5. The van der Waals surface area contributed by atoms with Gasteiger partial charge in [0.05, 0.1) is 0 Å². The Morgan fingerprint density at radius 2 is 1.82 bits per heavy atom. The van der Waals surface area contributed by atoms with Crippen molar-refractivity contribution in [3.8, 4) is 5.75 Å². The fourth-order valence-corrected chi connectivity index (χ4v) is 3.37. The lowest BCUT2D eigenvalue weighted by atomic mass is 10.2. The molecular weight excluding hydrogens is 419 g/mol. The van der Waals surface area contributed by atoms with Gasteiger partial charge in [-0.05, 0) is 65.1 Å². The zero-order chi connectivity index (χ0) is 15.7. The topological polar surface area (TPSA) is 73.6 Å². The van der Waals surface area contributed by atoms with E-state index in [-0.39, 0.29) is 10.6 Å². The van der Waals surface area contributed by atoms with Crippen molar-refractivity contribution < 1.29 is 17.0 Å². The SMILES string of the molecule is O=c1ccc2cc(S(=O)(=O)Oc3cccc(I)c3)ccc2o1. The molecule has 7 heteroatoms. The molecule has 3 rings (SSSR count). The molecule has 0 aliphatic rings. The number of fused-ring (bicyclic) bond motifs is 1. The smallest absolute Gasteiger partial charge is 0.339 e. The summed E-state index contributed by atoms with van der Waals surface area (Å²) in [5.74, 6) is 0.242. The fourth-order valence-electron chi connectivity index (χ4n) is 1.90. The van der Waals surface area contributed by atoms with E-state index in [0.717, 1.165) is 3.57 Å². The third kappa shape index (κ3) is 3.14. The highest BCUT2D eigenvalue weighted by molar-refractivity contribution is 14.1. The lowest BCUT2D eigenvalue weighted by molar-refractivity contribution is 0.486. The quantitative estimate of drug-likeness (QED) is 0.364. The van der Waals surface area contributed by atoms with Crippen molar-refractivity contribution in [2.24, 2.45) is 0 Å². The van der Waals surface area contributed by atoms with Crippen LogP contribution in [0.1, 0.15) is 0 Å². The molecule has 0 saturated heterocycles. The van der Waals surface area contributed by atoms with E-state index in [9.17, 15) is 13.2 Å². The second-order valence-corrected chi connectivity index (χ2v) is 7.24. The molecule has 0 fully saturated rings. The molecule has 0 saturated carbocycles. The molecule has 0 amide bonds. The van der Waals surface area contributed by atoms with Gasteiger partial charge in [0.25, 0.3) is 0 Å². The molecule has 5 nitrogen and oxygen atoms in total. The predicted molar refractivity (Wildman–Crippen MR) is 89.5 cm³/mol. The Morgan fingerprint density at radius 3 is 2.59 bits per heavy atom. The van der Waals surface area contributed by atoms with Gasteiger partial charge in [0.1, 0.15) is 16.2 Å². The maximum absolute atomic E-state index is 12.3. The molecule has 0 spiro atoms. The average molecular weight is 428 g/mol. The largest absolute Gasteiger partial charge is 0.423 e. The van der Waals surface area contributed by atoms with E-state index in [4.69, 9.17) is 8.60 Å². The van der Waals surface area contributed by atoms with Crippen molar-refractivity contribution in [1.29, 1.82) is 0 Å². The van der Waals surface area contributed by atoms with E-state index in [2.05, 4.69) is 22.6 Å². The standard InChI is InChI=1S/C15H9IO5S/c16-11-2-1-3-12(9-11)21-22(18,19)13-5-6-14-10(8-13)4-7-15(17)20-14/h1-9H. The van der Waals surface area contributed by atoms with Gasteiger partial charge in [0, 0.05) is 15.0 Å². The van der Waals surface area contributed by atoms with Gasteiger partial charge in [0.15, 0.2) is 0 Å². The minimum absolute atomic E-state index is 0.00675. The highest BCUT2D eigenvalue weighted by Crippen LogP contribution is 2.23. The number of benzene rings is 2. The van der Waals surface area contributed by atoms with Crippen molar-refractivity contribution in [3.05, 3.63) is 68.6 Å². The van der Waals surface area contributed by atoms with Crippen LogP contribution in [-0.2, 0) is 10.1 Å². The summed E-state index contributed by atoms with van der Waals surface area (Å²) < 4.78 is 35.6. The van der Waals surface area contributed by atoms with E-state index in [1.807, 2.05) is 6.07 Å². The molecule has 112 valence electrons. The summed E-state index contributed by atoms with van der Waals surface area (Å²) in [6, 6.07) is 13.7. The van der Waals surface area contributed by atoms with Crippen LogP contribution in [0.25, 0.3) is 11.0 Å². The monoisotopic (exact) mass is 428 g/mol. The Kier molecular flexibility index (Phi) is 3.92. The highest BCUT2D eigenvalue weighted by Gasteiger charge is 2.17. The average Bonchev–Trinajstić information content (AvgIpc) is 2.46. The van der Waals surface area contributed by atoms with Crippen molar-refractivity contribution in [2.75, 3.05) is 0 Å². The van der Waals surface area contributed by atoms with Crippen LogP contribution >= 0.6 is 22.6 Å². The number of hydrogen-bond donors (Lipinski definition) is 0. The summed E-state index contributed by atoms with van der Waals surface area (Å²) >= 11 is 2.07. The van der Waals surface area contributed by atoms with Crippen molar-refractivity contribution >= 4 is 43.7 Å². The first-order valence-electron chi connectivity index (χ1n) is 6.18. The summed E-state index contributed by atoms with van der Waals surface area (Å²) in [5, 5.41) is 0.506. The van der Waals surface area contributed by atoms with Crippen LogP contribution in [0.3, 0.4) is 0 Å². The Morgan fingerprint density at radius 1 is 1.00 bits per heavy atom. The molecule has 0 bridgehead atoms. The van der Waals surface area contributed by atoms with Gasteiger partial charge >= 0.3 is 15.7 Å². The van der Waals surface area contributed by atoms with E-state index in [1.54, 1.807) is 18.2 Å². The van der Waals surface area contributed by atoms with E-state index >= 15 is 0 Å². The van der Waals surface area contributed by atoms with Gasteiger partial charge < -0.3 is 8.60 Å². The zero-order valence-corrected chi connectivity index (χ0v) is 14.0. The van der Waals surface area contributed by atoms with Crippen LogP contribution in [0.5, 0.6) is 5.75 Å². The van der Waals surface area contributed by atoms with Gasteiger partial charge in [-0.25, -0.2) is 4.79 Å². The number of hydrogen-bond acceptors (Lipinski definition) is 5. The third-order valence-electron chi connectivity index (χ3n) is 2.88. The lowest BCUT2D eigenvalue weighted by Crippen LogP contribution is -2.09. The first-order valence-corrected chi connectivity index (χ1v) is 8.67. The van der Waals surface area contributed by atoms with Crippen molar-refractivity contribution in [2.45, 2.75) is 4.90 Å². The van der Waals surface area contributed by atoms with Crippen LogP contribution in [0, 0.1) is 3.57 Å². The van der Waals surface area contributed by atoms with Gasteiger partial charge in [-0.1, -0.05) is 6.07 Å². The number of rotatable bonds is 3. The Balaban J connectivity index is 2.01. The highest BCUT2D eigenvalue weighted by atomic mass is 127. The van der Waals surface area contributed by atoms with E-state index < -0.39 is 15.7 Å². The van der Waals surface area contributed by atoms with Crippen molar-refractivity contribution in [3.63, 3.8) is 0 Å².